The lowest BCUT2D eigenvalue weighted by atomic mass is 10.1. The molecule has 2 aromatic rings. The Bertz CT molecular complexity index is 1500. The van der Waals surface area contributed by atoms with Crippen molar-refractivity contribution in [3.05, 3.63) is 47.0 Å². The molecule has 0 aliphatic carbocycles. The number of aromatic nitrogens is 1. The first-order chi connectivity index (χ1) is 23.3. The SMILES string of the molecule is CC(NC(=O)C(C)NC(=O)C(C)NC1(C(C=Cc2ccc(O)cc2)NC(=O)OC(C)(C)C)CO1)C(=O)NCCC[N+](C)(C)c1ncc(CO)s1. The van der Waals surface area contributed by atoms with Crippen molar-refractivity contribution >= 4 is 46.4 Å². The molecule has 15 nitrogen and oxygen atoms in total. The summed E-state index contributed by atoms with van der Waals surface area (Å²) in [6.45, 7) is 11.1. The third-order valence-corrected chi connectivity index (χ3v) is 9.05. The average molecular weight is 719 g/mol. The maximum atomic E-state index is 13.1. The molecular weight excluding hydrogens is 666 g/mol. The van der Waals surface area contributed by atoms with Crippen LogP contribution in [0.3, 0.4) is 0 Å². The number of aliphatic hydroxyl groups is 1. The van der Waals surface area contributed by atoms with E-state index in [0.29, 0.717) is 24.0 Å². The van der Waals surface area contributed by atoms with E-state index in [1.165, 1.54) is 30.4 Å². The number of epoxide rings is 1. The summed E-state index contributed by atoms with van der Waals surface area (Å²) in [4.78, 5) is 56.6. The van der Waals surface area contributed by atoms with Gasteiger partial charge >= 0.3 is 6.09 Å². The molecule has 1 aromatic heterocycles. The van der Waals surface area contributed by atoms with Gasteiger partial charge in [0.1, 0.15) is 23.4 Å². The van der Waals surface area contributed by atoms with Gasteiger partial charge in [0.2, 0.25) is 17.7 Å². The monoisotopic (exact) mass is 718 g/mol. The van der Waals surface area contributed by atoms with Crippen LogP contribution < -0.4 is 31.1 Å². The van der Waals surface area contributed by atoms with E-state index in [1.54, 1.807) is 65.1 Å². The lowest BCUT2D eigenvalue weighted by Gasteiger charge is -2.28. The molecule has 276 valence electrons. The molecule has 1 saturated heterocycles. The highest BCUT2D eigenvalue weighted by Gasteiger charge is 2.53. The van der Waals surface area contributed by atoms with E-state index in [2.05, 4.69) is 31.6 Å². The van der Waals surface area contributed by atoms with Crippen molar-refractivity contribution in [1.82, 2.24) is 36.1 Å². The van der Waals surface area contributed by atoms with Crippen LogP contribution in [0.15, 0.2) is 36.5 Å². The van der Waals surface area contributed by atoms with Crippen molar-refractivity contribution in [3.63, 3.8) is 0 Å². The van der Waals surface area contributed by atoms with E-state index < -0.39 is 53.4 Å². The lowest BCUT2D eigenvalue weighted by molar-refractivity contribution is -0.132. The van der Waals surface area contributed by atoms with Crippen LogP contribution in [0.4, 0.5) is 9.93 Å². The van der Waals surface area contributed by atoms with Gasteiger partial charge in [0, 0.05) is 19.2 Å². The number of carbonyl (C=O) groups is 4. The Morgan fingerprint density at radius 1 is 1.02 bits per heavy atom. The molecule has 16 heteroatoms. The van der Waals surface area contributed by atoms with Gasteiger partial charge in [0.05, 0.1) is 50.8 Å². The van der Waals surface area contributed by atoms with Crippen LogP contribution in [0.5, 0.6) is 5.75 Å². The molecule has 1 aliphatic rings. The zero-order chi connectivity index (χ0) is 37.3. The Kier molecular flexibility index (Phi) is 13.9. The zero-order valence-electron chi connectivity index (χ0n) is 30.0. The minimum Gasteiger partial charge on any atom is -0.508 e. The first kappa shape index (κ1) is 40.3. The topological polar surface area (TPSA) is 204 Å². The number of phenols is 1. The molecule has 1 aliphatic heterocycles. The van der Waals surface area contributed by atoms with Gasteiger partial charge in [-0.1, -0.05) is 35.6 Å². The van der Waals surface area contributed by atoms with E-state index in [1.807, 2.05) is 14.1 Å². The van der Waals surface area contributed by atoms with E-state index >= 15 is 0 Å². The minimum atomic E-state index is -1.13. The number of aliphatic hydroxyl groups excluding tert-OH is 1. The predicted octanol–water partition coefficient (Wildman–Crippen LogP) is 1.73. The summed E-state index contributed by atoms with van der Waals surface area (Å²) < 4.78 is 11.7. The number of quaternary nitrogens is 1. The number of ether oxygens (including phenoxy) is 2. The number of amides is 4. The second-order valence-corrected chi connectivity index (χ2v) is 15.0. The molecule has 0 bridgehead atoms. The highest BCUT2D eigenvalue weighted by molar-refractivity contribution is 7.15. The number of phenolic OH excluding ortho intramolecular Hbond substituents is 1. The zero-order valence-corrected chi connectivity index (χ0v) is 30.8. The second-order valence-electron chi connectivity index (χ2n) is 13.9. The van der Waals surface area contributed by atoms with Crippen LogP contribution in [-0.2, 0) is 30.5 Å². The molecule has 50 heavy (non-hydrogen) atoms. The van der Waals surface area contributed by atoms with Crippen molar-refractivity contribution in [2.75, 3.05) is 33.8 Å². The Hall–Kier alpha value is -4.09. The molecule has 0 radical (unpaired) electrons. The van der Waals surface area contributed by atoms with Gasteiger partial charge in [-0.2, -0.15) is 4.98 Å². The molecule has 0 spiro atoms. The maximum absolute atomic E-state index is 13.1. The van der Waals surface area contributed by atoms with Gasteiger partial charge in [0.25, 0.3) is 5.13 Å². The van der Waals surface area contributed by atoms with Crippen LogP contribution >= 0.6 is 11.3 Å². The van der Waals surface area contributed by atoms with Crippen molar-refractivity contribution < 1.29 is 38.9 Å². The minimum absolute atomic E-state index is 0.0532. The number of aromatic hydroxyl groups is 1. The van der Waals surface area contributed by atoms with Crippen LogP contribution in [0, 0.1) is 0 Å². The molecule has 3 rings (SSSR count). The van der Waals surface area contributed by atoms with Crippen LogP contribution in [0.25, 0.3) is 6.08 Å². The number of benzene rings is 1. The standard InChI is InChI=1S/C34H51N7O8S/c1-21(28(44)35-16-9-17-41(7,8)31-36-18-26(19-42)50-31)37-29(45)22(2)38-30(46)23(3)40-34(20-48-34)27(39-32(47)49-33(4,5)6)15-12-24-10-13-25(43)14-11-24/h10-15,18,21-23,27,40,42H,9,16-17,19-20H2,1-8H3,(H4-,35,37,38,39,43,44,45,46,47)/p+1. The molecule has 1 fully saturated rings. The molecular formula is C34H52N7O8S+. The fraction of sp³-hybridized carbons (Fsp3) is 0.559. The predicted molar refractivity (Wildman–Crippen MR) is 191 cm³/mol. The summed E-state index contributed by atoms with van der Waals surface area (Å²) >= 11 is 1.44. The number of hydrogen-bond donors (Lipinski definition) is 7. The van der Waals surface area contributed by atoms with E-state index in [0.717, 1.165) is 15.6 Å². The Labute approximate surface area is 297 Å². The Morgan fingerprint density at radius 3 is 2.18 bits per heavy atom. The van der Waals surface area contributed by atoms with Gasteiger partial charge in [0.15, 0.2) is 5.72 Å². The van der Waals surface area contributed by atoms with E-state index in [-0.39, 0.29) is 24.9 Å². The number of rotatable bonds is 17. The first-order valence-corrected chi connectivity index (χ1v) is 17.3. The highest BCUT2D eigenvalue weighted by atomic mass is 32.1. The van der Waals surface area contributed by atoms with Crippen LogP contribution in [0.2, 0.25) is 0 Å². The fourth-order valence-corrected chi connectivity index (χ4v) is 5.65. The van der Waals surface area contributed by atoms with Crippen molar-refractivity contribution in [1.29, 1.82) is 0 Å². The maximum Gasteiger partial charge on any atom is 0.408 e. The Morgan fingerprint density at radius 2 is 1.62 bits per heavy atom. The van der Waals surface area contributed by atoms with E-state index in [9.17, 15) is 29.4 Å². The number of thiazole rings is 1. The summed E-state index contributed by atoms with van der Waals surface area (Å²) in [5, 5.41) is 33.8. The van der Waals surface area contributed by atoms with Gasteiger partial charge in [-0.05, 0) is 59.2 Å². The van der Waals surface area contributed by atoms with Crippen molar-refractivity contribution in [3.8, 4) is 5.75 Å². The van der Waals surface area contributed by atoms with E-state index in [4.69, 9.17) is 9.47 Å². The van der Waals surface area contributed by atoms with Gasteiger partial charge in [-0.25, -0.2) is 4.79 Å². The van der Waals surface area contributed by atoms with Crippen molar-refractivity contribution in [2.45, 2.75) is 90.1 Å². The molecule has 4 amide bonds. The largest absolute Gasteiger partial charge is 0.508 e. The number of nitrogens with zero attached hydrogens (tertiary/aromatic N) is 2. The van der Waals surface area contributed by atoms with Crippen molar-refractivity contribution in [2.24, 2.45) is 0 Å². The molecule has 7 N–H and O–H groups in total. The molecule has 2 heterocycles. The van der Waals surface area contributed by atoms with Gasteiger partial charge < -0.3 is 41.0 Å². The van der Waals surface area contributed by atoms with Gasteiger partial charge in [-0.15, -0.1) is 0 Å². The molecule has 5 unspecified atom stereocenters. The van der Waals surface area contributed by atoms with Gasteiger partial charge in [-0.3, -0.25) is 24.2 Å². The normalized spacial score (nSPS) is 18.4. The van der Waals surface area contributed by atoms with Crippen LogP contribution in [-0.4, -0.2) is 108 Å². The molecule has 1 aromatic carbocycles. The second kappa shape index (κ2) is 17.2. The summed E-state index contributed by atoms with van der Waals surface area (Å²) in [6, 6.07) is 3.10. The summed E-state index contributed by atoms with van der Waals surface area (Å²) in [5.41, 5.74) is -1.11. The fourth-order valence-electron chi connectivity index (χ4n) is 4.80. The molecule has 5 atom stereocenters. The number of hydrogen-bond acceptors (Lipinski definition) is 11. The summed E-state index contributed by atoms with van der Waals surface area (Å²) in [6.07, 6.45) is 5.10. The number of nitrogens with one attached hydrogen (secondary N) is 5. The quantitative estimate of drug-likeness (QED) is 0.0717. The van der Waals surface area contributed by atoms with Crippen LogP contribution in [0.1, 0.15) is 58.4 Å². The third kappa shape index (κ3) is 12.4. The third-order valence-electron chi connectivity index (χ3n) is 7.77. The number of alkyl carbamates (subject to hydrolysis) is 1. The first-order valence-electron chi connectivity index (χ1n) is 16.5. The highest BCUT2D eigenvalue weighted by Crippen LogP contribution is 2.30. The lowest BCUT2D eigenvalue weighted by Crippen LogP contribution is -2.59. The molecule has 0 saturated carbocycles. The number of carbonyl (C=O) groups excluding carboxylic acids is 4. The summed E-state index contributed by atoms with van der Waals surface area (Å²) in [5.74, 6) is -1.27. The smallest absolute Gasteiger partial charge is 0.408 e. The Balaban J connectivity index is 1.50. The average Bonchev–Trinajstić information content (AvgIpc) is 3.63. The summed E-state index contributed by atoms with van der Waals surface area (Å²) in [7, 11) is 4.01.